The van der Waals surface area contributed by atoms with Crippen LogP contribution in [0.2, 0.25) is 0 Å². The third kappa shape index (κ3) is 3.40. The van der Waals surface area contributed by atoms with E-state index in [0.717, 1.165) is 23.0 Å². The lowest BCUT2D eigenvalue weighted by Gasteiger charge is -2.32. The summed E-state index contributed by atoms with van der Waals surface area (Å²) in [7, 11) is 0. The van der Waals surface area contributed by atoms with Crippen molar-refractivity contribution in [3.8, 4) is 0 Å². The molecule has 0 saturated carbocycles. The molecule has 1 heterocycles. The Labute approximate surface area is 143 Å². The molecule has 1 aliphatic carbocycles. The molecular weight excluding hydrogens is 296 g/mol. The molecular formula is C21H24N2O. The van der Waals surface area contributed by atoms with Crippen molar-refractivity contribution in [3.63, 3.8) is 0 Å². The van der Waals surface area contributed by atoms with Gasteiger partial charge in [0.25, 0.3) is 0 Å². The van der Waals surface area contributed by atoms with Gasteiger partial charge in [0.1, 0.15) is 0 Å². The Bertz CT molecular complexity index is 825. The zero-order valence-electron chi connectivity index (χ0n) is 14.6. The first kappa shape index (κ1) is 16.4. The summed E-state index contributed by atoms with van der Waals surface area (Å²) in [5.41, 5.74) is 4.51. The average Bonchev–Trinajstić information content (AvgIpc) is 2.54. The Hall–Kier alpha value is -2.42. The molecule has 3 nitrogen and oxygen atoms in total. The summed E-state index contributed by atoms with van der Waals surface area (Å²) >= 11 is 0. The number of benzene rings is 1. The van der Waals surface area contributed by atoms with E-state index in [1.165, 1.54) is 24.0 Å². The fraction of sp³-hybridized carbons (Fsp3) is 0.333. The molecule has 2 aromatic rings. The number of hydrogen-bond donors (Lipinski definition) is 1. The largest absolute Gasteiger partial charge is 0.322 e. The van der Waals surface area contributed by atoms with Crippen molar-refractivity contribution >= 4 is 22.5 Å². The van der Waals surface area contributed by atoms with Crippen LogP contribution in [0.25, 0.3) is 10.9 Å². The zero-order chi connectivity index (χ0) is 17.2. The molecule has 1 aromatic carbocycles. The molecule has 124 valence electrons. The van der Waals surface area contributed by atoms with Gasteiger partial charge >= 0.3 is 0 Å². The highest BCUT2D eigenvalue weighted by atomic mass is 16.1. The van der Waals surface area contributed by atoms with Crippen LogP contribution in [-0.4, -0.2) is 10.9 Å². The lowest BCUT2D eigenvalue weighted by molar-refractivity contribution is -0.111. The second kappa shape index (κ2) is 6.60. The van der Waals surface area contributed by atoms with Crippen LogP contribution in [0, 0.1) is 5.41 Å². The molecule has 0 spiro atoms. The summed E-state index contributed by atoms with van der Waals surface area (Å²) in [6.07, 6.45) is 8.92. The number of amides is 1. The molecule has 1 amide bonds. The fourth-order valence-electron chi connectivity index (χ4n) is 3.56. The quantitative estimate of drug-likeness (QED) is 0.784. The summed E-state index contributed by atoms with van der Waals surface area (Å²) in [6, 6.07) is 9.61. The Balaban J connectivity index is 1.80. The Kier molecular flexibility index (Phi) is 4.52. The minimum absolute atomic E-state index is 0.104. The highest BCUT2D eigenvalue weighted by Gasteiger charge is 2.26. The summed E-state index contributed by atoms with van der Waals surface area (Å²) in [5, 5.41) is 3.93. The number of nitrogens with one attached hydrogen (secondary N) is 1. The number of carbonyl (C=O) groups is 1. The maximum atomic E-state index is 12.4. The van der Waals surface area contributed by atoms with Crippen LogP contribution < -0.4 is 5.32 Å². The first-order valence-electron chi connectivity index (χ1n) is 8.50. The number of hydrogen-bond acceptors (Lipinski definition) is 2. The van der Waals surface area contributed by atoms with Gasteiger partial charge in [0.05, 0.1) is 11.2 Å². The normalized spacial score (nSPS) is 17.5. The predicted octanol–water partition coefficient (Wildman–Crippen LogP) is 5.26. The number of carbonyl (C=O) groups excluding carboxylic acids is 1. The molecule has 24 heavy (non-hydrogen) atoms. The van der Waals surface area contributed by atoms with E-state index >= 15 is 0 Å². The maximum Gasteiger partial charge on any atom is 0.248 e. The predicted molar refractivity (Wildman–Crippen MR) is 99.8 cm³/mol. The molecule has 0 unspecified atom stereocenters. The molecule has 3 rings (SSSR count). The van der Waals surface area contributed by atoms with Crippen LogP contribution in [0.1, 0.15) is 40.0 Å². The molecule has 1 aliphatic rings. The van der Waals surface area contributed by atoms with E-state index in [2.05, 4.69) is 31.1 Å². The van der Waals surface area contributed by atoms with Crippen molar-refractivity contribution in [2.75, 3.05) is 5.32 Å². The second-order valence-corrected chi connectivity index (χ2v) is 7.13. The summed E-state index contributed by atoms with van der Waals surface area (Å²) in [4.78, 5) is 16.7. The van der Waals surface area contributed by atoms with Crippen LogP contribution in [0.3, 0.4) is 0 Å². The maximum absolute atomic E-state index is 12.4. The minimum atomic E-state index is -0.104. The first-order valence-corrected chi connectivity index (χ1v) is 8.50. The smallest absolute Gasteiger partial charge is 0.248 e. The molecule has 0 bridgehead atoms. The van der Waals surface area contributed by atoms with E-state index in [9.17, 15) is 4.79 Å². The average molecular weight is 320 g/mol. The SMILES string of the molecule is CC1=C(C=CC(=O)Nc2cccc3ncccc23)C(C)(C)CCC1. The van der Waals surface area contributed by atoms with Gasteiger partial charge in [-0.05, 0) is 61.4 Å². The number of aromatic nitrogens is 1. The van der Waals surface area contributed by atoms with Crippen LogP contribution in [0.4, 0.5) is 5.69 Å². The van der Waals surface area contributed by atoms with Gasteiger partial charge in [-0.3, -0.25) is 9.78 Å². The number of nitrogens with zero attached hydrogens (tertiary/aromatic N) is 1. The number of fused-ring (bicyclic) bond motifs is 1. The van der Waals surface area contributed by atoms with E-state index < -0.39 is 0 Å². The van der Waals surface area contributed by atoms with E-state index in [-0.39, 0.29) is 11.3 Å². The van der Waals surface area contributed by atoms with Crippen LogP contribution in [-0.2, 0) is 4.79 Å². The van der Waals surface area contributed by atoms with Gasteiger partial charge < -0.3 is 5.32 Å². The van der Waals surface area contributed by atoms with Crippen molar-refractivity contribution in [1.29, 1.82) is 0 Å². The number of anilines is 1. The van der Waals surface area contributed by atoms with E-state index in [1.54, 1.807) is 12.3 Å². The Morgan fingerprint density at radius 2 is 2.08 bits per heavy atom. The zero-order valence-corrected chi connectivity index (χ0v) is 14.6. The van der Waals surface area contributed by atoms with Crippen LogP contribution in [0.15, 0.2) is 59.8 Å². The van der Waals surface area contributed by atoms with Gasteiger partial charge in [0.15, 0.2) is 0 Å². The Morgan fingerprint density at radius 3 is 2.88 bits per heavy atom. The molecule has 0 saturated heterocycles. The van der Waals surface area contributed by atoms with Gasteiger partial charge in [-0.15, -0.1) is 0 Å². The Morgan fingerprint density at radius 1 is 1.25 bits per heavy atom. The van der Waals surface area contributed by atoms with Gasteiger partial charge in [0, 0.05) is 17.7 Å². The molecule has 1 N–H and O–H groups in total. The van der Waals surface area contributed by atoms with Gasteiger partial charge in [0.2, 0.25) is 5.91 Å². The van der Waals surface area contributed by atoms with Crippen molar-refractivity contribution in [1.82, 2.24) is 4.98 Å². The first-order chi connectivity index (χ1) is 11.5. The topological polar surface area (TPSA) is 42.0 Å². The lowest BCUT2D eigenvalue weighted by atomic mass is 9.72. The molecule has 0 fully saturated rings. The molecule has 1 aromatic heterocycles. The van der Waals surface area contributed by atoms with Crippen molar-refractivity contribution in [3.05, 3.63) is 59.8 Å². The molecule has 0 radical (unpaired) electrons. The van der Waals surface area contributed by atoms with E-state index in [4.69, 9.17) is 0 Å². The summed E-state index contributed by atoms with van der Waals surface area (Å²) in [5.74, 6) is -0.104. The van der Waals surface area contributed by atoms with Gasteiger partial charge in [-0.1, -0.05) is 31.6 Å². The van der Waals surface area contributed by atoms with Gasteiger partial charge in [-0.25, -0.2) is 0 Å². The third-order valence-electron chi connectivity index (χ3n) is 4.85. The second-order valence-electron chi connectivity index (χ2n) is 7.13. The summed E-state index contributed by atoms with van der Waals surface area (Å²) in [6.45, 7) is 6.68. The highest BCUT2D eigenvalue weighted by Crippen LogP contribution is 2.40. The lowest BCUT2D eigenvalue weighted by Crippen LogP contribution is -2.19. The van der Waals surface area contributed by atoms with Crippen molar-refractivity contribution < 1.29 is 4.79 Å². The standard InChI is InChI=1S/C21H24N2O/c1-15-7-5-13-21(2,3)17(15)11-12-20(24)23-19-10-4-9-18-16(19)8-6-14-22-18/h4,6,8-12,14H,5,7,13H2,1-3H3,(H,23,24). The van der Waals surface area contributed by atoms with Crippen LogP contribution in [0.5, 0.6) is 0 Å². The van der Waals surface area contributed by atoms with Crippen molar-refractivity contribution in [2.24, 2.45) is 5.41 Å². The van der Waals surface area contributed by atoms with Gasteiger partial charge in [-0.2, -0.15) is 0 Å². The number of rotatable bonds is 3. The minimum Gasteiger partial charge on any atom is -0.322 e. The van der Waals surface area contributed by atoms with E-state index in [1.807, 2.05) is 36.4 Å². The van der Waals surface area contributed by atoms with Crippen LogP contribution >= 0.6 is 0 Å². The summed E-state index contributed by atoms with van der Waals surface area (Å²) < 4.78 is 0. The molecule has 0 atom stereocenters. The fourth-order valence-corrected chi connectivity index (χ4v) is 3.56. The monoisotopic (exact) mass is 320 g/mol. The molecule has 3 heteroatoms. The number of allylic oxidation sites excluding steroid dienone is 3. The third-order valence-corrected chi connectivity index (χ3v) is 4.85. The molecule has 0 aliphatic heterocycles. The highest BCUT2D eigenvalue weighted by molar-refractivity contribution is 6.05. The van der Waals surface area contributed by atoms with Crippen molar-refractivity contribution in [2.45, 2.75) is 40.0 Å². The number of pyridine rings is 1. The van der Waals surface area contributed by atoms with E-state index in [0.29, 0.717) is 0 Å².